The standard InChI is InChI=1S/C18H19NO3/c1-12(15-6-8-16(9-7-15)18(19)22)10-13-2-4-14(5-3-13)11-17(20)21/h2-9,12H,10-11H2,1H3,(H2,19,22)(H,20,21). The summed E-state index contributed by atoms with van der Waals surface area (Å²) < 4.78 is 0. The Labute approximate surface area is 129 Å². The van der Waals surface area contributed by atoms with Crippen LogP contribution in [0.3, 0.4) is 0 Å². The van der Waals surface area contributed by atoms with Crippen molar-refractivity contribution in [1.29, 1.82) is 0 Å². The van der Waals surface area contributed by atoms with Gasteiger partial charge < -0.3 is 10.8 Å². The minimum atomic E-state index is -0.823. The molecule has 3 N–H and O–H groups in total. The fraction of sp³-hybridized carbons (Fsp3) is 0.222. The molecule has 2 aromatic rings. The van der Waals surface area contributed by atoms with E-state index in [2.05, 4.69) is 6.92 Å². The Kier molecular flexibility index (Phi) is 4.94. The van der Waals surface area contributed by atoms with Gasteiger partial charge in [0.1, 0.15) is 0 Å². The number of aliphatic carboxylic acids is 1. The van der Waals surface area contributed by atoms with Gasteiger partial charge in [0.25, 0.3) is 0 Å². The van der Waals surface area contributed by atoms with Crippen molar-refractivity contribution in [2.45, 2.75) is 25.7 Å². The van der Waals surface area contributed by atoms with E-state index in [1.807, 2.05) is 36.4 Å². The van der Waals surface area contributed by atoms with Crippen LogP contribution in [0.1, 0.15) is 39.9 Å². The number of carbonyl (C=O) groups is 2. The molecule has 0 saturated heterocycles. The number of carbonyl (C=O) groups excluding carboxylic acids is 1. The third-order valence-electron chi connectivity index (χ3n) is 3.68. The van der Waals surface area contributed by atoms with Crippen LogP contribution in [0.4, 0.5) is 0 Å². The fourth-order valence-electron chi connectivity index (χ4n) is 2.42. The molecule has 0 fully saturated rings. The van der Waals surface area contributed by atoms with E-state index in [1.54, 1.807) is 12.1 Å². The monoisotopic (exact) mass is 297 g/mol. The number of carboxylic acid groups (broad SMARTS) is 1. The topological polar surface area (TPSA) is 80.4 Å². The molecule has 2 aromatic carbocycles. The molecule has 0 spiro atoms. The second-order valence-corrected chi connectivity index (χ2v) is 5.48. The van der Waals surface area contributed by atoms with Crippen molar-refractivity contribution in [2.75, 3.05) is 0 Å². The molecule has 0 aliphatic carbocycles. The summed E-state index contributed by atoms with van der Waals surface area (Å²) in [6.45, 7) is 2.12. The van der Waals surface area contributed by atoms with Crippen LogP contribution in [-0.2, 0) is 17.6 Å². The maximum atomic E-state index is 11.1. The Balaban J connectivity index is 2.03. The lowest BCUT2D eigenvalue weighted by atomic mass is 9.92. The number of rotatable bonds is 6. The second kappa shape index (κ2) is 6.89. The quantitative estimate of drug-likeness (QED) is 0.860. The van der Waals surface area contributed by atoms with Crippen LogP contribution in [0.5, 0.6) is 0 Å². The van der Waals surface area contributed by atoms with Crippen LogP contribution >= 0.6 is 0 Å². The normalized spacial score (nSPS) is 11.9. The molecule has 22 heavy (non-hydrogen) atoms. The summed E-state index contributed by atoms with van der Waals surface area (Å²) in [6, 6.07) is 15.0. The number of benzene rings is 2. The zero-order valence-corrected chi connectivity index (χ0v) is 12.5. The number of hydrogen-bond acceptors (Lipinski definition) is 2. The average Bonchev–Trinajstić information content (AvgIpc) is 2.49. The summed E-state index contributed by atoms with van der Waals surface area (Å²) in [4.78, 5) is 21.7. The number of nitrogens with two attached hydrogens (primary N) is 1. The molecule has 4 nitrogen and oxygen atoms in total. The molecule has 1 unspecified atom stereocenters. The molecule has 0 bridgehead atoms. The molecular weight excluding hydrogens is 278 g/mol. The molecule has 1 atom stereocenters. The lowest BCUT2D eigenvalue weighted by Gasteiger charge is -2.13. The Bertz CT molecular complexity index is 660. The Morgan fingerprint density at radius 3 is 2.05 bits per heavy atom. The largest absolute Gasteiger partial charge is 0.481 e. The molecule has 0 aliphatic heterocycles. The molecule has 0 radical (unpaired) electrons. The minimum absolute atomic E-state index is 0.0460. The van der Waals surface area contributed by atoms with Crippen molar-refractivity contribution in [2.24, 2.45) is 5.73 Å². The summed E-state index contributed by atoms with van der Waals surface area (Å²) in [5.41, 5.74) is 8.83. The number of carboxylic acids is 1. The van der Waals surface area contributed by atoms with Gasteiger partial charge in [-0.1, -0.05) is 43.3 Å². The summed E-state index contributed by atoms with van der Waals surface area (Å²) in [5.74, 6) is -0.948. The van der Waals surface area contributed by atoms with Crippen LogP contribution < -0.4 is 5.73 Å². The highest BCUT2D eigenvalue weighted by atomic mass is 16.4. The van der Waals surface area contributed by atoms with Crippen molar-refractivity contribution < 1.29 is 14.7 Å². The number of hydrogen-bond donors (Lipinski definition) is 2. The Hall–Kier alpha value is -2.62. The highest BCUT2D eigenvalue weighted by molar-refractivity contribution is 5.92. The molecule has 0 saturated carbocycles. The van der Waals surface area contributed by atoms with E-state index in [0.717, 1.165) is 23.1 Å². The zero-order chi connectivity index (χ0) is 16.1. The van der Waals surface area contributed by atoms with Crippen molar-refractivity contribution in [3.05, 3.63) is 70.8 Å². The zero-order valence-electron chi connectivity index (χ0n) is 12.5. The molecule has 114 valence electrons. The average molecular weight is 297 g/mol. The molecule has 0 aromatic heterocycles. The lowest BCUT2D eigenvalue weighted by molar-refractivity contribution is -0.136. The van der Waals surface area contributed by atoms with Gasteiger partial charge in [-0.2, -0.15) is 0 Å². The summed E-state index contributed by atoms with van der Waals surface area (Å²) >= 11 is 0. The van der Waals surface area contributed by atoms with Gasteiger partial charge in [0.05, 0.1) is 6.42 Å². The van der Waals surface area contributed by atoms with E-state index in [9.17, 15) is 9.59 Å². The number of primary amides is 1. The summed E-state index contributed by atoms with van der Waals surface area (Å²) in [6.07, 6.45) is 0.897. The first-order valence-electron chi connectivity index (χ1n) is 7.15. The molecule has 0 heterocycles. The van der Waals surface area contributed by atoms with E-state index >= 15 is 0 Å². The Morgan fingerprint density at radius 2 is 1.55 bits per heavy atom. The van der Waals surface area contributed by atoms with E-state index in [0.29, 0.717) is 11.5 Å². The van der Waals surface area contributed by atoms with E-state index in [-0.39, 0.29) is 6.42 Å². The first-order valence-corrected chi connectivity index (χ1v) is 7.15. The maximum Gasteiger partial charge on any atom is 0.307 e. The van der Waals surface area contributed by atoms with Crippen LogP contribution in [0, 0.1) is 0 Å². The predicted octanol–water partition coefficient (Wildman–Crippen LogP) is 2.76. The van der Waals surface area contributed by atoms with Crippen LogP contribution in [0.25, 0.3) is 0 Å². The molecule has 2 rings (SSSR count). The second-order valence-electron chi connectivity index (χ2n) is 5.48. The highest BCUT2D eigenvalue weighted by Crippen LogP contribution is 2.21. The lowest BCUT2D eigenvalue weighted by Crippen LogP contribution is -2.10. The van der Waals surface area contributed by atoms with Crippen molar-refractivity contribution in [3.63, 3.8) is 0 Å². The maximum absolute atomic E-state index is 11.1. The SMILES string of the molecule is CC(Cc1ccc(CC(=O)O)cc1)c1ccc(C(N)=O)cc1. The van der Waals surface area contributed by atoms with E-state index < -0.39 is 11.9 Å². The molecule has 4 heteroatoms. The van der Waals surface area contributed by atoms with Crippen LogP contribution in [-0.4, -0.2) is 17.0 Å². The van der Waals surface area contributed by atoms with Crippen molar-refractivity contribution in [3.8, 4) is 0 Å². The van der Waals surface area contributed by atoms with Gasteiger partial charge in [-0.05, 0) is 41.2 Å². The minimum Gasteiger partial charge on any atom is -0.481 e. The van der Waals surface area contributed by atoms with Gasteiger partial charge >= 0.3 is 5.97 Å². The first kappa shape index (κ1) is 15.8. The van der Waals surface area contributed by atoms with Gasteiger partial charge in [-0.3, -0.25) is 9.59 Å². The van der Waals surface area contributed by atoms with E-state index in [1.165, 1.54) is 0 Å². The van der Waals surface area contributed by atoms with Crippen LogP contribution in [0.15, 0.2) is 48.5 Å². The number of amides is 1. The third kappa shape index (κ3) is 4.19. The first-order chi connectivity index (χ1) is 10.5. The predicted molar refractivity (Wildman–Crippen MR) is 84.9 cm³/mol. The summed E-state index contributed by atoms with van der Waals surface area (Å²) in [7, 11) is 0. The molecule has 0 aliphatic rings. The van der Waals surface area contributed by atoms with Gasteiger partial charge in [-0.25, -0.2) is 0 Å². The summed E-state index contributed by atoms with van der Waals surface area (Å²) in [5, 5.41) is 8.76. The van der Waals surface area contributed by atoms with E-state index in [4.69, 9.17) is 10.8 Å². The van der Waals surface area contributed by atoms with Gasteiger partial charge in [0, 0.05) is 5.56 Å². The fourth-order valence-corrected chi connectivity index (χ4v) is 2.42. The Morgan fingerprint density at radius 1 is 1.00 bits per heavy atom. The molecule has 1 amide bonds. The van der Waals surface area contributed by atoms with Crippen molar-refractivity contribution in [1.82, 2.24) is 0 Å². The van der Waals surface area contributed by atoms with Gasteiger partial charge in [0.15, 0.2) is 0 Å². The van der Waals surface area contributed by atoms with Crippen molar-refractivity contribution >= 4 is 11.9 Å². The highest BCUT2D eigenvalue weighted by Gasteiger charge is 2.08. The smallest absolute Gasteiger partial charge is 0.307 e. The third-order valence-corrected chi connectivity index (χ3v) is 3.68. The van der Waals surface area contributed by atoms with Gasteiger partial charge in [0.2, 0.25) is 5.91 Å². The van der Waals surface area contributed by atoms with Crippen LogP contribution in [0.2, 0.25) is 0 Å². The molecular formula is C18H19NO3. The van der Waals surface area contributed by atoms with Gasteiger partial charge in [-0.15, -0.1) is 0 Å².